The standard InChI is InChI=1S/C10H17BrN4O/c1-4-16-10(2,3)6-14-8-7(11)5-13-9(12)15-8/h5H,4,6H2,1-3H3,(H3,12,13,14,15). The van der Waals surface area contributed by atoms with Gasteiger partial charge in [-0.25, -0.2) is 4.98 Å². The van der Waals surface area contributed by atoms with E-state index in [0.29, 0.717) is 19.0 Å². The highest BCUT2D eigenvalue weighted by molar-refractivity contribution is 9.10. The Hall–Kier alpha value is -0.880. The number of hydrogen-bond donors (Lipinski definition) is 2. The molecule has 1 heterocycles. The number of anilines is 2. The number of nitrogens with two attached hydrogens (primary N) is 1. The Kier molecular flexibility index (Phi) is 4.49. The number of rotatable bonds is 5. The Labute approximate surface area is 104 Å². The van der Waals surface area contributed by atoms with Gasteiger partial charge in [-0.2, -0.15) is 4.98 Å². The monoisotopic (exact) mass is 288 g/mol. The van der Waals surface area contributed by atoms with E-state index in [9.17, 15) is 0 Å². The third-order valence-corrected chi connectivity index (χ3v) is 2.56. The molecule has 0 saturated heterocycles. The highest BCUT2D eigenvalue weighted by atomic mass is 79.9. The molecule has 5 nitrogen and oxygen atoms in total. The Morgan fingerprint density at radius 3 is 2.88 bits per heavy atom. The summed E-state index contributed by atoms with van der Waals surface area (Å²) in [6.07, 6.45) is 1.62. The average molecular weight is 289 g/mol. The number of halogens is 1. The Bertz CT molecular complexity index is 357. The maximum atomic E-state index is 5.57. The molecule has 0 aliphatic heterocycles. The van der Waals surface area contributed by atoms with Crippen molar-refractivity contribution in [1.29, 1.82) is 0 Å². The Balaban J connectivity index is 2.63. The van der Waals surface area contributed by atoms with Gasteiger partial charge in [0.25, 0.3) is 0 Å². The van der Waals surface area contributed by atoms with Crippen LogP contribution in [0.3, 0.4) is 0 Å². The predicted octanol–water partition coefficient (Wildman–Crippen LogP) is 2.05. The molecule has 0 atom stereocenters. The van der Waals surface area contributed by atoms with Crippen molar-refractivity contribution in [2.45, 2.75) is 26.4 Å². The maximum absolute atomic E-state index is 5.57. The molecular formula is C10H17BrN4O. The van der Waals surface area contributed by atoms with Crippen LogP contribution in [0.25, 0.3) is 0 Å². The molecule has 3 N–H and O–H groups in total. The van der Waals surface area contributed by atoms with Gasteiger partial charge < -0.3 is 15.8 Å². The number of aromatic nitrogens is 2. The van der Waals surface area contributed by atoms with Crippen molar-refractivity contribution in [2.24, 2.45) is 0 Å². The van der Waals surface area contributed by atoms with Crippen LogP contribution in [0.2, 0.25) is 0 Å². The zero-order chi connectivity index (χ0) is 12.2. The lowest BCUT2D eigenvalue weighted by Gasteiger charge is -2.25. The summed E-state index contributed by atoms with van der Waals surface area (Å²) in [6, 6.07) is 0. The highest BCUT2D eigenvalue weighted by Gasteiger charge is 2.18. The van der Waals surface area contributed by atoms with Gasteiger partial charge in [-0.05, 0) is 36.7 Å². The summed E-state index contributed by atoms with van der Waals surface area (Å²) in [5.41, 5.74) is 5.27. The van der Waals surface area contributed by atoms with Gasteiger partial charge >= 0.3 is 0 Å². The fourth-order valence-corrected chi connectivity index (χ4v) is 1.57. The second-order valence-corrected chi connectivity index (χ2v) is 4.83. The molecule has 0 unspecified atom stereocenters. The molecule has 0 bridgehead atoms. The van der Waals surface area contributed by atoms with Crippen molar-refractivity contribution in [2.75, 3.05) is 24.2 Å². The summed E-state index contributed by atoms with van der Waals surface area (Å²) in [6.45, 7) is 7.34. The van der Waals surface area contributed by atoms with Gasteiger partial charge in [0.05, 0.1) is 10.1 Å². The van der Waals surface area contributed by atoms with Crippen molar-refractivity contribution in [3.63, 3.8) is 0 Å². The fraction of sp³-hybridized carbons (Fsp3) is 0.600. The van der Waals surface area contributed by atoms with Crippen LogP contribution in [0.5, 0.6) is 0 Å². The van der Waals surface area contributed by atoms with Crippen LogP contribution in [-0.4, -0.2) is 28.7 Å². The summed E-state index contributed by atoms with van der Waals surface area (Å²) in [5.74, 6) is 0.931. The zero-order valence-corrected chi connectivity index (χ0v) is 11.3. The van der Waals surface area contributed by atoms with Crippen LogP contribution < -0.4 is 11.1 Å². The molecule has 0 aliphatic carbocycles. The minimum absolute atomic E-state index is 0.242. The number of nitrogens with zero attached hydrogens (tertiary/aromatic N) is 2. The van der Waals surface area contributed by atoms with E-state index in [1.807, 2.05) is 20.8 Å². The van der Waals surface area contributed by atoms with E-state index in [1.54, 1.807) is 6.20 Å². The minimum Gasteiger partial charge on any atom is -0.374 e. The normalized spacial score (nSPS) is 11.5. The van der Waals surface area contributed by atoms with E-state index < -0.39 is 0 Å². The fourth-order valence-electron chi connectivity index (χ4n) is 1.24. The van der Waals surface area contributed by atoms with Gasteiger partial charge in [0, 0.05) is 19.3 Å². The second kappa shape index (κ2) is 5.45. The van der Waals surface area contributed by atoms with Gasteiger partial charge in [0.1, 0.15) is 5.82 Å². The first-order chi connectivity index (χ1) is 7.44. The molecule has 0 amide bonds. The SMILES string of the molecule is CCOC(C)(C)CNc1nc(N)ncc1Br. The molecule has 1 aromatic heterocycles. The lowest BCUT2D eigenvalue weighted by Crippen LogP contribution is -2.33. The number of nitrogens with one attached hydrogen (secondary N) is 1. The first-order valence-electron chi connectivity index (χ1n) is 5.10. The zero-order valence-electron chi connectivity index (χ0n) is 9.75. The molecule has 0 radical (unpaired) electrons. The van der Waals surface area contributed by atoms with E-state index in [2.05, 4.69) is 31.2 Å². The molecule has 16 heavy (non-hydrogen) atoms. The molecule has 0 spiro atoms. The summed E-state index contributed by atoms with van der Waals surface area (Å²) in [5, 5.41) is 3.18. The largest absolute Gasteiger partial charge is 0.374 e. The Morgan fingerprint density at radius 1 is 1.56 bits per heavy atom. The quantitative estimate of drug-likeness (QED) is 0.868. The van der Waals surface area contributed by atoms with Crippen LogP contribution in [-0.2, 0) is 4.74 Å². The first-order valence-corrected chi connectivity index (χ1v) is 5.90. The average Bonchev–Trinajstić information content (AvgIpc) is 2.19. The molecule has 0 fully saturated rings. The van der Waals surface area contributed by atoms with E-state index in [-0.39, 0.29) is 11.5 Å². The molecule has 6 heteroatoms. The van der Waals surface area contributed by atoms with Gasteiger partial charge in [-0.3, -0.25) is 0 Å². The number of ether oxygens (including phenoxy) is 1. The van der Waals surface area contributed by atoms with Crippen molar-refractivity contribution in [3.05, 3.63) is 10.7 Å². The van der Waals surface area contributed by atoms with Gasteiger partial charge in [-0.15, -0.1) is 0 Å². The van der Waals surface area contributed by atoms with Crippen LogP contribution in [0.1, 0.15) is 20.8 Å². The van der Waals surface area contributed by atoms with Crippen LogP contribution in [0.15, 0.2) is 10.7 Å². The lowest BCUT2D eigenvalue weighted by atomic mass is 10.1. The molecule has 0 aromatic carbocycles. The van der Waals surface area contributed by atoms with E-state index in [1.165, 1.54) is 0 Å². The van der Waals surface area contributed by atoms with E-state index in [4.69, 9.17) is 10.5 Å². The maximum Gasteiger partial charge on any atom is 0.221 e. The molecular weight excluding hydrogens is 272 g/mol. The third kappa shape index (κ3) is 3.94. The number of nitrogen functional groups attached to an aromatic ring is 1. The van der Waals surface area contributed by atoms with E-state index >= 15 is 0 Å². The van der Waals surface area contributed by atoms with Gasteiger partial charge in [-0.1, -0.05) is 0 Å². The van der Waals surface area contributed by atoms with Crippen molar-refractivity contribution < 1.29 is 4.74 Å². The topological polar surface area (TPSA) is 73.1 Å². The van der Waals surface area contributed by atoms with Crippen LogP contribution >= 0.6 is 15.9 Å². The molecule has 0 aliphatic rings. The Morgan fingerprint density at radius 2 is 2.25 bits per heavy atom. The van der Waals surface area contributed by atoms with E-state index in [0.717, 1.165) is 4.47 Å². The smallest absolute Gasteiger partial charge is 0.221 e. The summed E-state index contributed by atoms with van der Waals surface area (Å²) in [7, 11) is 0. The highest BCUT2D eigenvalue weighted by Crippen LogP contribution is 2.20. The minimum atomic E-state index is -0.242. The molecule has 1 aromatic rings. The summed E-state index contributed by atoms with van der Waals surface area (Å²) < 4.78 is 6.35. The van der Waals surface area contributed by atoms with Gasteiger partial charge in [0.15, 0.2) is 0 Å². The second-order valence-electron chi connectivity index (χ2n) is 3.97. The first kappa shape index (κ1) is 13.2. The van der Waals surface area contributed by atoms with Crippen LogP contribution in [0, 0.1) is 0 Å². The predicted molar refractivity (Wildman–Crippen MR) is 68.3 cm³/mol. The molecule has 0 saturated carbocycles. The van der Waals surface area contributed by atoms with Gasteiger partial charge in [0.2, 0.25) is 5.95 Å². The summed E-state index contributed by atoms with van der Waals surface area (Å²) in [4.78, 5) is 7.96. The lowest BCUT2D eigenvalue weighted by molar-refractivity contribution is 0.000632. The van der Waals surface area contributed by atoms with Crippen molar-refractivity contribution in [1.82, 2.24) is 9.97 Å². The van der Waals surface area contributed by atoms with Crippen molar-refractivity contribution in [3.8, 4) is 0 Å². The summed E-state index contributed by atoms with van der Waals surface area (Å²) >= 11 is 3.35. The molecule has 1 rings (SSSR count). The molecule has 90 valence electrons. The number of hydrogen-bond acceptors (Lipinski definition) is 5. The third-order valence-electron chi connectivity index (χ3n) is 1.98. The van der Waals surface area contributed by atoms with Crippen LogP contribution in [0.4, 0.5) is 11.8 Å². The van der Waals surface area contributed by atoms with Crippen molar-refractivity contribution >= 4 is 27.7 Å².